The zero-order chi connectivity index (χ0) is 23.9. The van der Waals surface area contributed by atoms with Crippen molar-refractivity contribution in [3.63, 3.8) is 0 Å². The number of rotatable bonds is 17. The molecule has 0 saturated heterocycles. The third-order valence-electron chi connectivity index (χ3n) is 4.64. The average molecular weight is 455 g/mol. The van der Waals surface area contributed by atoms with Crippen LogP contribution in [0.1, 0.15) is 40.5 Å². The van der Waals surface area contributed by atoms with Gasteiger partial charge in [-0.3, -0.25) is 24.1 Å². The molecule has 0 aromatic rings. The summed E-state index contributed by atoms with van der Waals surface area (Å²) in [5.74, 6) is -1.20. The maximum atomic E-state index is 12.2. The third-order valence-corrected chi connectivity index (χ3v) is 4.64. The van der Waals surface area contributed by atoms with Crippen LogP contribution in [0.4, 0.5) is 0 Å². The van der Waals surface area contributed by atoms with Crippen molar-refractivity contribution in [2.24, 2.45) is 5.92 Å². The lowest BCUT2D eigenvalue weighted by Gasteiger charge is -2.15. The van der Waals surface area contributed by atoms with E-state index in [9.17, 15) is 19.2 Å². The van der Waals surface area contributed by atoms with Gasteiger partial charge in [0, 0.05) is 56.7 Å². The first kappa shape index (κ1) is 27.7. The van der Waals surface area contributed by atoms with Gasteiger partial charge in [0.05, 0.1) is 26.4 Å². The highest BCUT2D eigenvalue weighted by Crippen LogP contribution is 2.20. The molecule has 1 rings (SSSR count). The van der Waals surface area contributed by atoms with Crippen LogP contribution in [0.25, 0.3) is 0 Å². The molecule has 0 atom stereocenters. The molecule has 1 aliphatic heterocycles. The van der Waals surface area contributed by atoms with Crippen LogP contribution >= 0.6 is 0 Å². The first-order chi connectivity index (χ1) is 15.2. The molecule has 3 N–H and O–H groups in total. The summed E-state index contributed by atoms with van der Waals surface area (Å²) in [4.78, 5) is 48.8. The van der Waals surface area contributed by atoms with Crippen molar-refractivity contribution in [3.8, 4) is 0 Å². The monoisotopic (exact) mass is 454 g/mol. The number of ether oxygens (including phenoxy) is 2. The maximum absolute atomic E-state index is 12.2. The quantitative estimate of drug-likeness (QED) is 0.208. The van der Waals surface area contributed by atoms with Gasteiger partial charge in [0.25, 0.3) is 11.8 Å². The Balaban J connectivity index is 2.00. The second-order valence-electron chi connectivity index (χ2n) is 8.08. The number of nitrogens with zero attached hydrogens (tertiary/aromatic N) is 1. The van der Waals surface area contributed by atoms with E-state index in [0.29, 0.717) is 38.0 Å². The van der Waals surface area contributed by atoms with Crippen molar-refractivity contribution in [1.29, 1.82) is 0 Å². The van der Waals surface area contributed by atoms with E-state index in [2.05, 4.69) is 29.8 Å². The minimum absolute atomic E-state index is 0.0219. The van der Waals surface area contributed by atoms with Gasteiger partial charge < -0.3 is 25.4 Å². The van der Waals surface area contributed by atoms with Crippen LogP contribution in [0.3, 0.4) is 0 Å². The zero-order valence-electron chi connectivity index (χ0n) is 19.7. The predicted molar refractivity (Wildman–Crippen MR) is 120 cm³/mol. The molecule has 0 fully saturated rings. The predicted octanol–water partition coefficient (Wildman–Crippen LogP) is -0.0186. The highest BCUT2D eigenvalue weighted by molar-refractivity contribution is 6.16. The van der Waals surface area contributed by atoms with E-state index in [1.807, 2.05) is 13.8 Å². The van der Waals surface area contributed by atoms with Crippen LogP contribution in [0.2, 0.25) is 0 Å². The molecule has 4 amide bonds. The molecule has 0 saturated carbocycles. The third kappa shape index (κ3) is 11.4. The Morgan fingerprint density at radius 3 is 2.03 bits per heavy atom. The summed E-state index contributed by atoms with van der Waals surface area (Å²) in [6, 6.07) is 0.434. The van der Waals surface area contributed by atoms with Gasteiger partial charge in [0.15, 0.2) is 0 Å². The largest absolute Gasteiger partial charge is 0.379 e. The molecule has 32 heavy (non-hydrogen) atoms. The zero-order valence-corrected chi connectivity index (χ0v) is 19.7. The fourth-order valence-corrected chi connectivity index (χ4v) is 2.85. The van der Waals surface area contributed by atoms with Crippen molar-refractivity contribution in [3.05, 3.63) is 11.6 Å². The standard InChI is InChI=1S/C22H38N4O6/c1-16(2)18-15-21(29)26(22(18)30)10-5-19(27)24-7-8-25-20(28)6-11-31-13-14-32-12-9-23-17(3)4/h15-17,23H,5-14H2,1-4H3,(H,24,27)(H,25,28). The number of amides is 4. The van der Waals surface area contributed by atoms with Crippen molar-refractivity contribution in [2.75, 3.05) is 52.6 Å². The molecule has 0 unspecified atom stereocenters. The van der Waals surface area contributed by atoms with E-state index in [-0.39, 0.29) is 62.0 Å². The molecule has 10 nitrogen and oxygen atoms in total. The topological polar surface area (TPSA) is 126 Å². The molecule has 0 bridgehead atoms. The minimum Gasteiger partial charge on any atom is -0.379 e. The van der Waals surface area contributed by atoms with Gasteiger partial charge in [-0.2, -0.15) is 0 Å². The highest BCUT2D eigenvalue weighted by Gasteiger charge is 2.32. The maximum Gasteiger partial charge on any atom is 0.257 e. The Bertz CT molecular complexity index is 663. The van der Waals surface area contributed by atoms with Crippen LogP contribution in [0.15, 0.2) is 11.6 Å². The van der Waals surface area contributed by atoms with Gasteiger partial charge in [0.2, 0.25) is 11.8 Å². The summed E-state index contributed by atoms with van der Waals surface area (Å²) in [6.07, 6.45) is 1.59. The Morgan fingerprint density at radius 1 is 0.875 bits per heavy atom. The lowest BCUT2D eigenvalue weighted by Crippen LogP contribution is -2.38. The van der Waals surface area contributed by atoms with Crippen molar-refractivity contribution >= 4 is 23.6 Å². The molecular formula is C22H38N4O6. The summed E-state index contributed by atoms with van der Waals surface area (Å²) < 4.78 is 10.8. The number of nitrogens with one attached hydrogen (secondary N) is 3. The molecular weight excluding hydrogens is 416 g/mol. The molecule has 0 spiro atoms. The number of carbonyl (C=O) groups is 4. The van der Waals surface area contributed by atoms with E-state index in [0.717, 1.165) is 11.4 Å². The first-order valence-corrected chi connectivity index (χ1v) is 11.2. The Morgan fingerprint density at radius 2 is 1.47 bits per heavy atom. The number of carbonyl (C=O) groups excluding carboxylic acids is 4. The van der Waals surface area contributed by atoms with Crippen LogP contribution in [-0.4, -0.2) is 87.2 Å². The molecule has 1 aliphatic rings. The van der Waals surface area contributed by atoms with E-state index in [4.69, 9.17) is 9.47 Å². The van der Waals surface area contributed by atoms with Gasteiger partial charge in [-0.25, -0.2) is 0 Å². The summed E-state index contributed by atoms with van der Waals surface area (Å²) in [5, 5.41) is 8.60. The highest BCUT2D eigenvalue weighted by atomic mass is 16.5. The Kier molecular flexibility index (Phi) is 13.4. The van der Waals surface area contributed by atoms with Gasteiger partial charge in [0.1, 0.15) is 0 Å². The molecule has 1 heterocycles. The molecule has 0 aromatic carbocycles. The van der Waals surface area contributed by atoms with Gasteiger partial charge in [-0.15, -0.1) is 0 Å². The molecule has 10 heteroatoms. The second-order valence-corrected chi connectivity index (χ2v) is 8.08. The van der Waals surface area contributed by atoms with E-state index >= 15 is 0 Å². The molecule has 0 radical (unpaired) electrons. The number of hydrogen-bond acceptors (Lipinski definition) is 7. The minimum atomic E-state index is -0.379. The van der Waals surface area contributed by atoms with Crippen molar-refractivity contribution in [1.82, 2.24) is 20.9 Å². The molecule has 182 valence electrons. The fourth-order valence-electron chi connectivity index (χ4n) is 2.85. The van der Waals surface area contributed by atoms with Crippen molar-refractivity contribution in [2.45, 2.75) is 46.6 Å². The van der Waals surface area contributed by atoms with Crippen LogP contribution in [0.5, 0.6) is 0 Å². The van der Waals surface area contributed by atoms with E-state index < -0.39 is 0 Å². The first-order valence-electron chi connectivity index (χ1n) is 11.2. The lowest BCUT2D eigenvalue weighted by molar-refractivity contribution is -0.137. The fraction of sp³-hybridized carbons (Fsp3) is 0.727. The average Bonchev–Trinajstić information content (AvgIpc) is 3.02. The van der Waals surface area contributed by atoms with E-state index in [1.165, 1.54) is 6.08 Å². The SMILES string of the molecule is CC(C)NCCOCCOCCC(=O)NCCNC(=O)CCN1C(=O)C=C(C(C)C)C1=O. The van der Waals surface area contributed by atoms with Crippen LogP contribution < -0.4 is 16.0 Å². The van der Waals surface area contributed by atoms with Crippen LogP contribution in [0, 0.1) is 5.92 Å². The van der Waals surface area contributed by atoms with E-state index in [1.54, 1.807) is 0 Å². The Hall–Kier alpha value is -2.30. The molecule has 0 aliphatic carbocycles. The number of imide groups is 1. The summed E-state index contributed by atoms with van der Waals surface area (Å²) in [7, 11) is 0. The van der Waals surface area contributed by atoms with Crippen LogP contribution in [-0.2, 0) is 28.7 Å². The summed E-state index contributed by atoms with van der Waals surface area (Å²) in [6.45, 7) is 11.1. The molecule has 0 aromatic heterocycles. The number of hydrogen-bond donors (Lipinski definition) is 3. The second kappa shape index (κ2) is 15.5. The smallest absolute Gasteiger partial charge is 0.257 e. The van der Waals surface area contributed by atoms with Gasteiger partial charge in [-0.05, 0) is 5.92 Å². The van der Waals surface area contributed by atoms with Gasteiger partial charge in [-0.1, -0.05) is 27.7 Å². The lowest BCUT2D eigenvalue weighted by atomic mass is 10.0. The normalized spacial score (nSPS) is 13.8. The van der Waals surface area contributed by atoms with Gasteiger partial charge >= 0.3 is 0 Å². The Labute approximate surface area is 190 Å². The van der Waals surface area contributed by atoms with Crippen molar-refractivity contribution < 1.29 is 28.7 Å². The summed E-state index contributed by atoms with van der Waals surface area (Å²) >= 11 is 0. The summed E-state index contributed by atoms with van der Waals surface area (Å²) in [5.41, 5.74) is 0.466.